The molecule has 0 aliphatic carbocycles. The molecule has 5 heteroatoms. The van der Waals surface area contributed by atoms with Gasteiger partial charge in [0.15, 0.2) is 0 Å². The van der Waals surface area contributed by atoms with E-state index < -0.39 is 0 Å². The largest absolute Gasteiger partial charge is 0.367 e. The minimum Gasteiger partial charge on any atom is -0.367 e. The van der Waals surface area contributed by atoms with Crippen LogP contribution in [0.4, 0.5) is 5.82 Å². The average Bonchev–Trinajstić information content (AvgIpc) is 3.04. The molecule has 1 atom stereocenters. The van der Waals surface area contributed by atoms with Crippen LogP contribution >= 0.6 is 0 Å². The van der Waals surface area contributed by atoms with E-state index in [1.807, 2.05) is 6.07 Å². The van der Waals surface area contributed by atoms with E-state index in [1.165, 1.54) is 5.56 Å². The van der Waals surface area contributed by atoms with Crippen LogP contribution in [0, 0.1) is 0 Å². The van der Waals surface area contributed by atoms with E-state index in [0.717, 1.165) is 17.9 Å². The van der Waals surface area contributed by atoms with E-state index in [9.17, 15) is 0 Å². The summed E-state index contributed by atoms with van der Waals surface area (Å²) >= 11 is 0. The summed E-state index contributed by atoms with van der Waals surface area (Å²) in [6.07, 6.45) is 2.41. The summed E-state index contributed by atoms with van der Waals surface area (Å²) in [5, 5.41) is 7.89. The second kappa shape index (κ2) is 5.99. The molecule has 0 saturated heterocycles. The van der Waals surface area contributed by atoms with E-state index in [-0.39, 0.29) is 11.5 Å². The number of benzene rings is 1. The fraction of sp³-hybridized carbons (Fsp3) is 0.389. The van der Waals surface area contributed by atoms with E-state index in [0.29, 0.717) is 5.78 Å². The molecule has 0 amide bonds. The normalized spacial score (nSPS) is 13.2. The fourth-order valence-corrected chi connectivity index (χ4v) is 2.67. The van der Waals surface area contributed by atoms with Crippen LogP contribution in [0.2, 0.25) is 0 Å². The number of fused-ring (bicyclic) bond motifs is 1. The van der Waals surface area contributed by atoms with Gasteiger partial charge in [0.1, 0.15) is 12.1 Å². The Morgan fingerprint density at radius 1 is 1.22 bits per heavy atom. The number of aromatic nitrogens is 4. The smallest absolute Gasteiger partial charge is 0.254 e. The van der Waals surface area contributed by atoms with E-state index >= 15 is 0 Å². The first-order valence-electron chi connectivity index (χ1n) is 8.04. The van der Waals surface area contributed by atoms with Gasteiger partial charge in [-0.15, -0.1) is 0 Å². The number of hydrogen-bond acceptors (Lipinski definition) is 4. The van der Waals surface area contributed by atoms with Crippen LogP contribution in [0.3, 0.4) is 0 Å². The lowest BCUT2D eigenvalue weighted by Gasteiger charge is -2.33. The summed E-state index contributed by atoms with van der Waals surface area (Å²) in [7, 11) is 0. The predicted molar refractivity (Wildman–Crippen MR) is 92.7 cm³/mol. The maximum Gasteiger partial charge on any atom is 0.254 e. The Kier molecular flexibility index (Phi) is 4.03. The Balaban J connectivity index is 1.93. The quantitative estimate of drug-likeness (QED) is 0.784. The molecular weight excluding hydrogens is 286 g/mol. The molecule has 0 aliphatic rings. The van der Waals surface area contributed by atoms with Crippen molar-refractivity contribution in [2.24, 2.45) is 0 Å². The maximum absolute atomic E-state index is 4.49. The zero-order valence-electron chi connectivity index (χ0n) is 14.1. The van der Waals surface area contributed by atoms with Crippen molar-refractivity contribution in [3.05, 3.63) is 54.0 Å². The minimum absolute atomic E-state index is 0.0240. The Bertz CT molecular complexity index is 792. The molecular formula is C18H23N5. The molecule has 0 spiro atoms. The highest BCUT2D eigenvalue weighted by Gasteiger charge is 2.28. The average molecular weight is 309 g/mol. The first-order valence-corrected chi connectivity index (χ1v) is 8.04. The van der Waals surface area contributed by atoms with Gasteiger partial charge in [0.05, 0.1) is 0 Å². The van der Waals surface area contributed by atoms with Crippen LogP contribution in [0.15, 0.2) is 42.7 Å². The number of anilines is 1. The van der Waals surface area contributed by atoms with Crippen molar-refractivity contribution in [3.8, 4) is 0 Å². The summed E-state index contributed by atoms with van der Waals surface area (Å²) in [6.45, 7) is 8.79. The van der Waals surface area contributed by atoms with Crippen LogP contribution in [0.25, 0.3) is 5.78 Å². The molecule has 1 aromatic carbocycles. The van der Waals surface area contributed by atoms with Crippen LogP contribution in [-0.4, -0.2) is 25.6 Å². The van der Waals surface area contributed by atoms with Gasteiger partial charge in [-0.2, -0.15) is 14.6 Å². The molecule has 1 N–H and O–H groups in total. The maximum atomic E-state index is 4.49. The molecule has 120 valence electrons. The highest BCUT2D eigenvalue weighted by molar-refractivity contribution is 5.46. The van der Waals surface area contributed by atoms with Crippen LogP contribution in [-0.2, 0) is 11.8 Å². The van der Waals surface area contributed by atoms with Crippen molar-refractivity contribution in [2.75, 3.05) is 5.32 Å². The Morgan fingerprint density at radius 2 is 1.96 bits per heavy atom. The van der Waals surface area contributed by atoms with Crippen molar-refractivity contribution >= 4 is 11.6 Å². The van der Waals surface area contributed by atoms with Gasteiger partial charge in [0, 0.05) is 23.2 Å². The SMILES string of the molecule is CCc1cc(NC(C)C(C)(C)c2ccccc2)n2ncnc2n1. The third-order valence-electron chi connectivity index (χ3n) is 4.63. The zero-order chi connectivity index (χ0) is 16.4. The number of nitrogens with one attached hydrogen (secondary N) is 1. The van der Waals surface area contributed by atoms with Crippen LogP contribution < -0.4 is 5.32 Å². The lowest BCUT2D eigenvalue weighted by molar-refractivity contribution is 0.456. The third kappa shape index (κ3) is 2.91. The number of nitrogens with zero attached hydrogens (tertiary/aromatic N) is 4. The minimum atomic E-state index is -0.0240. The predicted octanol–water partition coefficient (Wildman–Crippen LogP) is 3.46. The zero-order valence-corrected chi connectivity index (χ0v) is 14.1. The molecule has 0 fully saturated rings. The van der Waals surface area contributed by atoms with Gasteiger partial charge in [-0.3, -0.25) is 0 Å². The van der Waals surface area contributed by atoms with Gasteiger partial charge in [0.25, 0.3) is 5.78 Å². The van der Waals surface area contributed by atoms with Crippen molar-refractivity contribution in [2.45, 2.75) is 45.6 Å². The second-order valence-corrected chi connectivity index (χ2v) is 6.41. The van der Waals surface area contributed by atoms with E-state index in [4.69, 9.17) is 0 Å². The molecule has 2 heterocycles. The van der Waals surface area contributed by atoms with Gasteiger partial charge in [0.2, 0.25) is 0 Å². The Morgan fingerprint density at radius 3 is 2.65 bits per heavy atom. The molecule has 1 unspecified atom stereocenters. The topological polar surface area (TPSA) is 55.1 Å². The highest BCUT2D eigenvalue weighted by Crippen LogP contribution is 2.29. The molecule has 5 nitrogen and oxygen atoms in total. The lowest BCUT2D eigenvalue weighted by Crippen LogP contribution is -2.38. The summed E-state index contributed by atoms with van der Waals surface area (Å²) in [5.41, 5.74) is 2.29. The van der Waals surface area contributed by atoms with E-state index in [1.54, 1.807) is 10.8 Å². The summed E-state index contributed by atoms with van der Waals surface area (Å²) in [5.74, 6) is 1.57. The Hall–Kier alpha value is -2.43. The molecule has 23 heavy (non-hydrogen) atoms. The first-order chi connectivity index (χ1) is 11.0. The summed E-state index contributed by atoms with van der Waals surface area (Å²) < 4.78 is 1.76. The van der Waals surface area contributed by atoms with Gasteiger partial charge in [-0.1, -0.05) is 51.1 Å². The van der Waals surface area contributed by atoms with Crippen molar-refractivity contribution in [1.29, 1.82) is 0 Å². The number of aryl methyl sites for hydroxylation is 1. The van der Waals surface area contributed by atoms with E-state index in [2.05, 4.69) is 78.4 Å². The van der Waals surface area contributed by atoms with Gasteiger partial charge in [-0.05, 0) is 18.9 Å². The first kappa shape index (κ1) is 15.5. The lowest BCUT2D eigenvalue weighted by atomic mass is 9.78. The van der Waals surface area contributed by atoms with Gasteiger partial charge >= 0.3 is 0 Å². The summed E-state index contributed by atoms with van der Waals surface area (Å²) in [4.78, 5) is 8.71. The molecule has 0 radical (unpaired) electrons. The Labute approximate surface area is 136 Å². The van der Waals surface area contributed by atoms with Crippen molar-refractivity contribution < 1.29 is 0 Å². The van der Waals surface area contributed by atoms with Crippen molar-refractivity contribution in [3.63, 3.8) is 0 Å². The second-order valence-electron chi connectivity index (χ2n) is 6.41. The molecule has 3 rings (SSSR count). The monoisotopic (exact) mass is 309 g/mol. The van der Waals surface area contributed by atoms with Gasteiger partial charge < -0.3 is 5.32 Å². The fourth-order valence-electron chi connectivity index (χ4n) is 2.67. The standard InChI is InChI=1S/C18H23N5/c1-5-15-11-16(23-17(22-15)19-12-20-23)21-13(2)18(3,4)14-9-7-6-8-10-14/h6-13,21H,5H2,1-4H3. The number of rotatable bonds is 5. The molecule has 0 aliphatic heterocycles. The van der Waals surface area contributed by atoms with Crippen LogP contribution in [0.1, 0.15) is 39.0 Å². The third-order valence-corrected chi connectivity index (χ3v) is 4.63. The van der Waals surface area contributed by atoms with Crippen LogP contribution in [0.5, 0.6) is 0 Å². The van der Waals surface area contributed by atoms with Gasteiger partial charge in [-0.25, -0.2) is 4.98 Å². The molecule has 0 bridgehead atoms. The molecule has 0 saturated carbocycles. The van der Waals surface area contributed by atoms with Crippen molar-refractivity contribution in [1.82, 2.24) is 19.6 Å². The summed E-state index contributed by atoms with van der Waals surface area (Å²) in [6, 6.07) is 12.8. The number of hydrogen-bond donors (Lipinski definition) is 1. The molecule has 2 aromatic heterocycles. The molecule has 3 aromatic rings. The highest BCUT2D eigenvalue weighted by atomic mass is 15.4.